The highest BCUT2D eigenvalue weighted by Gasteiger charge is 2.33. The van der Waals surface area contributed by atoms with Crippen LogP contribution in [0.15, 0.2) is 18.2 Å². The van der Waals surface area contributed by atoms with Crippen LogP contribution in [0, 0.1) is 11.6 Å². The van der Waals surface area contributed by atoms with Crippen LogP contribution in [0.5, 0.6) is 0 Å². The number of nitrogens with one attached hydrogen (secondary N) is 1. The minimum absolute atomic E-state index is 0.129. The van der Waals surface area contributed by atoms with Crippen molar-refractivity contribution in [1.29, 1.82) is 0 Å². The van der Waals surface area contributed by atoms with Gasteiger partial charge in [-0.3, -0.25) is 4.79 Å². The van der Waals surface area contributed by atoms with Gasteiger partial charge in [-0.2, -0.15) is 0 Å². The van der Waals surface area contributed by atoms with Gasteiger partial charge in [-0.1, -0.05) is 6.07 Å². The highest BCUT2D eigenvalue weighted by atomic mass is 19.1. The summed E-state index contributed by atoms with van der Waals surface area (Å²) in [5, 5.41) is 12.2. The molecule has 6 heteroatoms. The van der Waals surface area contributed by atoms with Gasteiger partial charge in [-0.15, -0.1) is 0 Å². The van der Waals surface area contributed by atoms with Crippen LogP contribution in [0.25, 0.3) is 0 Å². The largest absolute Gasteiger partial charge is 0.394 e. The molecule has 1 aliphatic rings. The summed E-state index contributed by atoms with van der Waals surface area (Å²) in [6.45, 7) is 0.742. The van der Waals surface area contributed by atoms with E-state index in [1.807, 2.05) is 0 Å². The third kappa shape index (κ3) is 3.52. The lowest BCUT2D eigenvalue weighted by atomic mass is 9.90. The average molecular weight is 285 g/mol. The van der Waals surface area contributed by atoms with Gasteiger partial charge in [0, 0.05) is 19.3 Å². The molecule has 0 aromatic heterocycles. The Balaban J connectivity index is 2.00. The normalized spacial score (nSPS) is 17.8. The summed E-state index contributed by atoms with van der Waals surface area (Å²) in [6, 6.07) is 3.11. The molecule has 1 aromatic carbocycles. The maximum Gasteiger partial charge on any atom is 0.225 e. The smallest absolute Gasteiger partial charge is 0.225 e. The second kappa shape index (κ2) is 6.28. The summed E-state index contributed by atoms with van der Waals surface area (Å²) in [6.07, 6.45) is 0.844. The lowest BCUT2D eigenvalue weighted by Gasteiger charge is -2.36. The molecule has 2 N–H and O–H groups in total. The van der Waals surface area contributed by atoms with Crippen LogP contribution in [0.2, 0.25) is 0 Å². The van der Waals surface area contributed by atoms with Crippen LogP contribution in [0.4, 0.5) is 8.78 Å². The first-order valence-corrected chi connectivity index (χ1v) is 6.48. The number of hydrogen-bond donors (Lipinski definition) is 2. The average Bonchev–Trinajstić information content (AvgIpc) is 2.43. The Kier molecular flexibility index (Phi) is 4.67. The second-order valence-electron chi connectivity index (χ2n) is 5.01. The van der Waals surface area contributed by atoms with Crippen molar-refractivity contribution < 1.29 is 23.4 Å². The lowest BCUT2D eigenvalue weighted by molar-refractivity contribution is -0.124. The number of aliphatic hydroxyl groups is 1. The molecule has 1 heterocycles. The van der Waals surface area contributed by atoms with E-state index in [9.17, 15) is 18.7 Å². The van der Waals surface area contributed by atoms with Crippen molar-refractivity contribution in [3.8, 4) is 0 Å². The van der Waals surface area contributed by atoms with E-state index >= 15 is 0 Å². The van der Waals surface area contributed by atoms with Crippen molar-refractivity contribution in [3.05, 3.63) is 35.4 Å². The van der Waals surface area contributed by atoms with Gasteiger partial charge in [0.25, 0.3) is 0 Å². The monoisotopic (exact) mass is 285 g/mol. The maximum absolute atomic E-state index is 13.5. The quantitative estimate of drug-likeness (QED) is 0.873. The zero-order valence-corrected chi connectivity index (χ0v) is 11.0. The van der Waals surface area contributed by atoms with E-state index in [0.717, 1.165) is 12.1 Å². The Morgan fingerprint density at radius 1 is 1.35 bits per heavy atom. The maximum atomic E-state index is 13.5. The van der Waals surface area contributed by atoms with E-state index in [0.29, 0.717) is 26.1 Å². The van der Waals surface area contributed by atoms with E-state index in [2.05, 4.69) is 5.32 Å². The molecule has 2 rings (SSSR count). The predicted octanol–water partition coefficient (Wildman–Crippen LogP) is 1.17. The molecule has 0 unspecified atom stereocenters. The molecule has 1 fully saturated rings. The fraction of sp³-hybridized carbons (Fsp3) is 0.500. The molecule has 0 bridgehead atoms. The van der Waals surface area contributed by atoms with Crippen LogP contribution < -0.4 is 5.32 Å². The molecule has 0 atom stereocenters. The Bertz CT molecular complexity index is 487. The molecule has 1 amide bonds. The zero-order chi connectivity index (χ0) is 14.6. The van der Waals surface area contributed by atoms with Gasteiger partial charge in [0.1, 0.15) is 11.6 Å². The first kappa shape index (κ1) is 14.9. The second-order valence-corrected chi connectivity index (χ2v) is 5.01. The van der Waals surface area contributed by atoms with Crippen LogP contribution >= 0.6 is 0 Å². The van der Waals surface area contributed by atoms with E-state index in [1.54, 1.807) is 0 Å². The summed E-state index contributed by atoms with van der Waals surface area (Å²) < 4.78 is 31.5. The number of amides is 1. The molecule has 1 aliphatic heterocycles. The number of rotatable bonds is 4. The molecule has 0 spiro atoms. The SMILES string of the molecule is O=C(Cc1ccc(F)cc1F)NC1(CO)CCOCC1. The Labute approximate surface area is 115 Å². The molecule has 0 radical (unpaired) electrons. The standard InChI is InChI=1S/C14H17F2NO3/c15-11-2-1-10(12(16)8-11)7-13(19)17-14(9-18)3-5-20-6-4-14/h1-2,8,18H,3-7,9H2,(H,17,19). The number of benzene rings is 1. The van der Waals surface area contributed by atoms with Gasteiger partial charge in [-0.05, 0) is 24.5 Å². The molecule has 20 heavy (non-hydrogen) atoms. The van der Waals surface area contributed by atoms with Crippen molar-refractivity contribution in [1.82, 2.24) is 5.32 Å². The minimum Gasteiger partial charge on any atom is -0.394 e. The predicted molar refractivity (Wildman–Crippen MR) is 68.1 cm³/mol. The molecule has 1 aromatic rings. The summed E-state index contributed by atoms with van der Waals surface area (Å²) in [7, 11) is 0. The third-order valence-corrected chi connectivity index (χ3v) is 3.52. The van der Waals surface area contributed by atoms with Crippen LogP contribution in [-0.2, 0) is 16.0 Å². The number of halogens is 2. The molecule has 1 saturated heterocycles. The van der Waals surface area contributed by atoms with Gasteiger partial charge in [0.05, 0.1) is 18.6 Å². The summed E-state index contributed by atoms with van der Waals surface area (Å²) >= 11 is 0. The Hall–Kier alpha value is -1.53. The fourth-order valence-electron chi connectivity index (χ4n) is 2.26. The molecule has 110 valence electrons. The lowest BCUT2D eigenvalue weighted by Crippen LogP contribution is -2.55. The topological polar surface area (TPSA) is 58.6 Å². The molecular formula is C14H17F2NO3. The first-order valence-electron chi connectivity index (χ1n) is 6.48. The van der Waals surface area contributed by atoms with Crippen LogP contribution in [0.1, 0.15) is 18.4 Å². The number of carbonyl (C=O) groups is 1. The molecular weight excluding hydrogens is 268 g/mol. The van der Waals surface area contributed by atoms with E-state index in [4.69, 9.17) is 4.74 Å². The molecule has 4 nitrogen and oxygen atoms in total. The van der Waals surface area contributed by atoms with Crippen LogP contribution in [-0.4, -0.2) is 36.4 Å². The van der Waals surface area contributed by atoms with Crippen molar-refractivity contribution >= 4 is 5.91 Å². The number of hydrogen-bond acceptors (Lipinski definition) is 3. The Morgan fingerprint density at radius 3 is 2.65 bits per heavy atom. The number of carbonyl (C=O) groups excluding carboxylic acids is 1. The van der Waals surface area contributed by atoms with Crippen LogP contribution in [0.3, 0.4) is 0 Å². The van der Waals surface area contributed by atoms with Crippen molar-refractivity contribution in [2.24, 2.45) is 0 Å². The van der Waals surface area contributed by atoms with Gasteiger partial charge in [0.15, 0.2) is 0 Å². The third-order valence-electron chi connectivity index (χ3n) is 3.52. The summed E-state index contributed by atoms with van der Waals surface area (Å²) in [5.41, 5.74) is -0.574. The van der Waals surface area contributed by atoms with Gasteiger partial charge in [0.2, 0.25) is 5.91 Å². The minimum atomic E-state index is -0.745. The van der Waals surface area contributed by atoms with E-state index in [1.165, 1.54) is 6.07 Å². The van der Waals surface area contributed by atoms with Gasteiger partial charge >= 0.3 is 0 Å². The molecule has 0 aliphatic carbocycles. The highest BCUT2D eigenvalue weighted by Crippen LogP contribution is 2.20. The van der Waals surface area contributed by atoms with Crippen molar-refractivity contribution in [2.45, 2.75) is 24.8 Å². The number of ether oxygens (including phenoxy) is 1. The molecule has 0 saturated carbocycles. The van der Waals surface area contributed by atoms with Gasteiger partial charge in [-0.25, -0.2) is 8.78 Å². The van der Waals surface area contributed by atoms with Crippen molar-refractivity contribution in [3.63, 3.8) is 0 Å². The highest BCUT2D eigenvalue weighted by molar-refractivity contribution is 5.79. The van der Waals surface area contributed by atoms with E-state index < -0.39 is 23.1 Å². The van der Waals surface area contributed by atoms with Gasteiger partial charge < -0.3 is 15.2 Å². The summed E-state index contributed by atoms with van der Waals surface area (Å²) in [4.78, 5) is 12.0. The Morgan fingerprint density at radius 2 is 2.05 bits per heavy atom. The zero-order valence-electron chi connectivity index (χ0n) is 11.0. The first-order chi connectivity index (χ1) is 9.54. The number of aliphatic hydroxyl groups excluding tert-OH is 1. The summed E-state index contributed by atoms with van der Waals surface area (Å²) in [5.74, 6) is -1.82. The van der Waals surface area contributed by atoms with E-state index in [-0.39, 0.29) is 18.6 Å². The fourth-order valence-corrected chi connectivity index (χ4v) is 2.26. The van der Waals surface area contributed by atoms with Crippen molar-refractivity contribution in [2.75, 3.05) is 19.8 Å².